The summed E-state index contributed by atoms with van der Waals surface area (Å²) in [7, 11) is -3.55. The van der Waals surface area contributed by atoms with Gasteiger partial charge in [0.25, 0.3) is 10.0 Å². The number of anilines is 1. The van der Waals surface area contributed by atoms with Gasteiger partial charge in [-0.15, -0.1) is 11.3 Å². The number of aromatic nitrogens is 2. The zero-order chi connectivity index (χ0) is 15.5. The molecule has 2 heterocycles. The average Bonchev–Trinajstić information content (AvgIpc) is 2.98. The molecule has 0 bridgehead atoms. The van der Waals surface area contributed by atoms with Crippen LogP contribution >= 0.6 is 11.3 Å². The number of fused-ring (bicyclic) bond motifs is 1. The fourth-order valence-corrected chi connectivity index (χ4v) is 4.89. The van der Waals surface area contributed by atoms with Crippen molar-refractivity contribution in [3.8, 4) is 0 Å². The van der Waals surface area contributed by atoms with Gasteiger partial charge in [0.1, 0.15) is 0 Å². The monoisotopic (exact) mass is 330 g/mol. The summed E-state index contributed by atoms with van der Waals surface area (Å²) in [5.41, 5.74) is 0. The van der Waals surface area contributed by atoms with Gasteiger partial charge in [-0.1, -0.05) is 13.8 Å². The molecule has 1 N–H and O–H groups in total. The van der Waals surface area contributed by atoms with E-state index in [0.717, 1.165) is 12.8 Å². The molecular formula is C13H22N4O2S2. The predicted octanol–water partition coefficient (Wildman–Crippen LogP) is 2.64. The summed E-state index contributed by atoms with van der Waals surface area (Å²) in [6.45, 7) is 7.59. The second kappa shape index (κ2) is 6.76. The molecule has 0 aliphatic carbocycles. The van der Waals surface area contributed by atoms with E-state index in [4.69, 9.17) is 0 Å². The number of thiazole rings is 1. The van der Waals surface area contributed by atoms with Crippen LogP contribution in [0, 0.1) is 0 Å². The SMILES string of the molecule is CCCN(CCC)S(=O)(=O)c1c(NCC)nc2sccn12. The fraction of sp³-hybridized carbons (Fsp3) is 0.615. The van der Waals surface area contributed by atoms with Gasteiger partial charge in [0, 0.05) is 31.2 Å². The Kier molecular flexibility index (Phi) is 5.23. The Bertz CT molecular complexity index is 684. The molecule has 21 heavy (non-hydrogen) atoms. The maximum absolute atomic E-state index is 13.0. The minimum absolute atomic E-state index is 0.252. The van der Waals surface area contributed by atoms with Gasteiger partial charge in [-0.25, -0.2) is 13.4 Å². The molecule has 0 radical (unpaired) electrons. The zero-order valence-electron chi connectivity index (χ0n) is 12.7. The molecule has 0 saturated carbocycles. The molecule has 0 aliphatic rings. The van der Waals surface area contributed by atoms with Crippen LogP contribution in [0.25, 0.3) is 4.96 Å². The number of nitrogens with zero attached hydrogens (tertiary/aromatic N) is 3. The van der Waals surface area contributed by atoms with Crippen molar-refractivity contribution in [1.29, 1.82) is 0 Å². The molecule has 0 unspecified atom stereocenters. The number of imidazole rings is 1. The molecule has 0 saturated heterocycles. The molecule has 118 valence electrons. The van der Waals surface area contributed by atoms with Crippen molar-refractivity contribution in [2.75, 3.05) is 25.0 Å². The summed E-state index contributed by atoms with van der Waals surface area (Å²) in [4.78, 5) is 5.09. The lowest BCUT2D eigenvalue weighted by Gasteiger charge is -2.21. The zero-order valence-corrected chi connectivity index (χ0v) is 14.3. The van der Waals surface area contributed by atoms with Gasteiger partial charge in [0.05, 0.1) is 0 Å². The summed E-state index contributed by atoms with van der Waals surface area (Å²) in [5, 5.41) is 5.17. The molecule has 6 nitrogen and oxygen atoms in total. The van der Waals surface area contributed by atoms with Crippen molar-refractivity contribution >= 4 is 32.1 Å². The van der Waals surface area contributed by atoms with Crippen LogP contribution in [0.5, 0.6) is 0 Å². The third kappa shape index (κ3) is 3.07. The van der Waals surface area contributed by atoms with Crippen LogP contribution in [0.1, 0.15) is 33.6 Å². The molecule has 0 aliphatic heterocycles. The normalized spacial score (nSPS) is 12.4. The van der Waals surface area contributed by atoms with Crippen molar-refractivity contribution in [2.24, 2.45) is 0 Å². The van der Waals surface area contributed by atoms with E-state index in [1.54, 1.807) is 14.9 Å². The molecule has 0 spiro atoms. The third-order valence-electron chi connectivity index (χ3n) is 3.09. The minimum Gasteiger partial charge on any atom is -0.368 e. The van der Waals surface area contributed by atoms with Crippen LogP contribution in [-0.4, -0.2) is 41.7 Å². The molecule has 2 rings (SSSR count). The predicted molar refractivity (Wildman–Crippen MR) is 86.6 cm³/mol. The van der Waals surface area contributed by atoms with Crippen LogP contribution in [0.3, 0.4) is 0 Å². The van der Waals surface area contributed by atoms with E-state index in [2.05, 4.69) is 10.3 Å². The molecule has 2 aromatic rings. The van der Waals surface area contributed by atoms with Gasteiger partial charge in [0.2, 0.25) is 0 Å². The van der Waals surface area contributed by atoms with Gasteiger partial charge in [-0.2, -0.15) is 4.31 Å². The highest BCUT2D eigenvalue weighted by atomic mass is 32.2. The first-order valence-electron chi connectivity index (χ1n) is 7.25. The average molecular weight is 330 g/mol. The van der Waals surface area contributed by atoms with Crippen LogP contribution < -0.4 is 5.32 Å². The second-order valence-electron chi connectivity index (χ2n) is 4.76. The largest absolute Gasteiger partial charge is 0.368 e. The molecule has 0 aromatic carbocycles. The molecule has 0 atom stereocenters. The van der Waals surface area contributed by atoms with Crippen LogP contribution in [0.4, 0.5) is 5.82 Å². The van der Waals surface area contributed by atoms with Crippen LogP contribution in [0.15, 0.2) is 16.6 Å². The summed E-state index contributed by atoms with van der Waals surface area (Å²) >= 11 is 1.43. The number of sulfonamides is 1. The lowest BCUT2D eigenvalue weighted by atomic mass is 10.4. The first kappa shape index (κ1) is 16.3. The summed E-state index contributed by atoms with van der Waals surface area (Å²) in [6, 6.07) is 0. The molecule has 0 fully saturated rings. The van der Waals surface area contributed by atoms with Crippen LogP contribution in [0.2, 0.25) is 0 Å². The van der Waals surface area contributed by atoms with Gasteiger partial charge in [-0.05, 0) is 19.8 Å². The van der Waals surface area contributed by atoms with E-state index in [0.29, 0.717) is 30.4 Å². The quantitative estimate of drug-likeness (QED) is 0.808. The Morgan fingerprint density at radius 3 is 2.52 bits per heavy atom. The fourth-order valence-electron chi connectivity index (χ4n) is 2.27. The number of rotatable bonds is 8. The van der Waals surface area contributed by atoms with Crippen molar-refractivity contribution in [1.82, 2.24) is 13.7 Å². The van der Waals surface area contributed by atoms with Gasteiger partial charge in [-0.3, -0.25) is 4.40 Å². The standard InChI is InChI=1S/C13H22N4O2S2/c1-4-7-16(8-5-2)21(18,19)12-11(14-6-3)15-13-17(12)9-10-20-13/h9-10,14H,4-8H2,1-3H3. The highest BCUT2D eigenvalue weighted by Crippen LogP contribution is 2.28. The summed E-state index contributed by atoms with van der Waals surface area (Å²) in [5.74, 6) is 0.446. The maximum Gasteiger partial charge on any atom is 0.262 e. The third-order valence-corrected chi connectivity index (χ3v) is 5.77. The highest BCUT2D eigenvalue weighted by Gasteiger charge is 2.31. The maximum atomic E-state index is 13.0. The Morgan fingerprint density at radius 1 is 1.29 bits per heavy atom. The van der Waals surface area contributed by atoms with Gasteiger partial charge in [0.15, 0.2) is 15.8 Å². The lowest BCUT2D eigenvalue weighted by molar-refractivity contribution is 0.408. The Morgan fingerprint density at radius 2 is 1.95 bits per heavy atom. The van der Waals surface area contributed by atoms with E-state index in [1.165, 1.54) is 11.3 Å². The molecular weight excluding hydrogens is 308 g/mol. The molecule has 0 amide bonds. The van der Waals surface area contributed by atoms with Gasteiger partial charge < -0.3 is 5.32 Å². The van der Waals surface area contributed by atoms with E-state index in [9.17, 15) is 8.42 Å². The van der Waals surface area contributed by atoms with E-state index >= 15 is 0 Å². The van der Waals surface area contributed by atoms with Crippen molar-refractivity contribution in [3.05, 3.63) is 11.6 Å². The van der Waals surface area contributed by atoms with Crippen molar-refractivity contribution in [2.45, 2.75) is 38.6 Å². The lowest BCUT2D eigenvalue weighted by Crippen LogP contribution is -2.33. The topological polar surface area (TPSA) is 66.7 Å². The van der Waals surface area contributed by atoms with Crippen molar-refractivity contribution < 1.29 is 8.42 Å². The minimum atomic E-state index is -3.55. The second-order valence-corrected chi connectivity index (χ2v) is 7.48. The number of nitrogens with one attached hydrogen (secondary N) is 1. The van der Waals surface area contributed by atoms with Gasteiger partial charge >= 0.3 is 0 Å². The summed E-state index contributed by atoms with van der Waals surface area (Å²) < 4.78 is 29.2. The summed E-state index contributed by atoms with van der Waals surface area (Å²) in [6.07, 6.45) is 3.35. The highest BCUT2D eigenvalue weighted by molar-refractivity contribution is 7.89. The van der Waals surface area contributed by atoms with E-state index < -0.39 is 10.0 Å². The van der Waals surface area contributed by atoms with E-state index in [-0.39, 0.29) is 5.03 Å². The van der Waals surface area contributed by atoms with E-state index in [1.807, 2.05) is 26.2 Å². The Balaban J connectivity index is 2.55. The number of hydrogen-bond donors (Lipinski definition) is 1. The van der Waals surface area contributed by atoms with Crippen LogP contribution in [-0.2, 0) is 10.0 Å². The smallest absolute Gasteiger partial charge is 0.262 e. The first-order valence-corrected chi connectivity index (χ1v) is 9.57. The van der Waals surface area contributed by atoms with Crippen molar-refractivity contribution in [3.63, 3.8) is 0 Å². The Labute approximate surface area is 129 Å². The number of hydrogen-bond acceptors (Lipinski definition) is 5. The first-order chi connectivity index (χ1) is 10.1. The molecule has 2 aromatic heterocycles. The Hall–Kier alpha value is -1.12. The molecule has 8 heteroatoms.